The van der Waals surface area contributed by atoms with Crippen LogP contribution in [0.3, 0.4) is 0 Å². The number of nitrogens with zero attached hydrogens (tertiary/aromatic N) is 1. The van der Waals surface area contributed by atoms with E-state index in [9.17, 15) is 18.0 Å². The van der Waals surface area contributed by atoms with Gasteiger partial charge in [0.15, 0.2) is 11.6 Å². The lowest BCUT2D eigenvalue weighted by Gasteiger charge is -2.23. The van der Waals surface area contributed by atoms with Crippen LogP contribution in [0.2, 0.25) is 0 Å². The quantitative estimate of drug-likeness (QED) is 0.225. The average molecular weight is 495 g/mol. The minimum Gasteiger partial charge on any atom is -0.459 e. The molecule has 4 rings (SSSR count). The lowest BCUT2D eigenvalue weighted by atomic mass is 10.0. The van der Waals surface area contributed by atoms with Crippen molar-refractivity contribution in [1.82, 2.24) is 4.90 Å². The van der Waals surface area contributed by atoms with Gasteiger partial charge in [0.25, 0.3) is 0 Å². The minimum absolute atomic E-state index is 0.100. The number of fused-ring (bicyclic) bond motifs is 1. The predicted octanol–water partition coefficient (Wildman–Crippen LogP) is 8.52. The molecule has 0 bridgehead atoms. The average Bonchev–Trinajstić information content (AvgIpc) is 3.23. The summed E-state index contributed by atoms with van der Waals surface area (Å²) < 4.78 is 48.0. The maximum absolute atomic E-state index is 14.2. The number of hydrogen-bond acceptors (Lipinski definition) is 2. The smallest absolute Gasteiger partial charge is 0.322 e. The highest BCUT2D eigenvalue weighted by molar-refractivity contribution is 5.96. The first-order valence-corrected chi connectivity index (χ1v) is 12.2. The van der Waals surface area contributed by atoms with Gasteiger partial charge in [0.1, 0.15) is 22.8 Å². The molecule has 1 N–H and O–H groups in total. The van der Waals surface area contributed by atoms with E-state index in [0.29, 0.717) is 30.0 Å². The SMILES string of the molecule is CCCCCCCN(Cc1oc2ccccc2c1-c1ccccc1)C(=O)Nc1c(F)cc(F)cc1F. The van der Waals surface area contributed by atoms with Crippen LogP contribution in [0.25, 0.3) is 22.1 Å². The summed E-state index contributed by atoms with van der Waals surface area (Å²) in [4.78, 5) is 14.7. The molecule has 3 aromatic carbocycles. The highest BCUT2D eigenvalue weighted by Gasteiger charge is 2.23. The van der Waals surface area contributed by atoms with Crippen molar-refractivity contribution in [2.75, 3.05) is 11.9 Å². The number of carbonyl (C=O) groups is 1. The van der Waals surface area contributed by atoms with E-state index in [1.54, 1.807) is 0 Å². The third-order valence-electron chi connectivity index (χ3n) is 6.12. The molecule has 4 nitrogen and oxygen atoms in total. The van der Waals surface area contributed by atoms with Gasteiger partial charge in [0.2, 0.25) is 0 Å². The van der Waals surface area contributed by atoms with E-state index in [0.717, 1.165) is 48.6 Å². The van der Waals surface area contributed by atoms with Crippen molar-refractivity contribution in [2.45, 2.75) is 45.6 Å². The number of furan rings is 1. The number of urea groups is 1. The van der Waals surface area contributed by atoms with Gasteiger partial charge < -0.3 is 14.6 Å². The molecule has 7 heteroatoms. The molecule has 188 valence electrons. The normalized spacial score (nSPS) is 11.1. The van der Waals surface area contributed by atoms with E-state index in [4.69, 9.17) is 4.42 Å². The Balaban J connectivity index is 1.65. The number of carbonyl (C=O) groups excluding carboxylic acids is 1. The molecule has 2 amide bonds. The maximum Gasteiger partial charge on any atom is 0.322 e. The summed E-state index contributed by atoms with van der Waals surface area (Å²) in [5.41, 5.74) is 1.82. The van der Waals surface area contributed by atoms with Gasteiger partial charge in [0, 0.05) is 29.6 Å². The Labute approximate surface area is 208 Å². The van der Waals surface area contributed by atoms with Gasteiger partial charge >= 0.3 is 6.03 Å². The lowest BCUT2D eigenvalue weighted by molar-refractivity contribution is 0.203. The third-order valence-corrected chi connectivity index (χ3v) is 6.12. The van der Waals surface area contributed by atoms with E-state index in [2.05, 4.69) is 12.2 Å². The Morgan fingerprint density at radius 1 is 0.889 bits per heavy atom. The van der Waals surface area contributed by atoms with Crippen molar-refractivity contribution in [3.8, 4) is 11.1 Å². The fourth-order valence-electron chi connectivity index (χ4n) is 4.31. The summed E-state index contributed by atoms with van der Waals surface area (Å²) in [7, 11) is 0. The van der Waals surface area contributed by atoms with Crippen molar-refractivity contribution in [3.05, 3.63) is 89.9 Å². The molecule has 0 spiro atoms. The molecule has 0 aliphatic heterocycles. The molecule has 4 aromatic rings. The Hall–Kier alpha value is -3.74. The lowest BCUT2D eigenvalue weighted by Crippen LogP contribution is -2.36. The number of rotatable bonds is 10. The van der Waals surface area contributed by atoms with Crippen LogP contribution in [-0.2, 0) is 6.54 Å². The van der Waals surface area contributed by atoms with Crippen LogP contribution >= 0.6 is 0 Å². The van der Waals surface area contributed by atoms with Gasteiger partial charge in [-0.25, -0.2) is 18.0 Å². The highest BCUT2D eigenvalue weighted by atomic mass is 19.1. The molecule has 0 fully saturated rings. The molecular weight excluding hydrogens is 465 g/mol. The van der Waals surface area contributed by atoms with Crippen LogP contribution in [0, 0.1) is 17.5 Å². The van der Waals surface area contributed by atoms with Crippen LogP contribution in [0.1, 0.15) is 44.8 Å². The first-order chi connectivity index (χ1) is 17.5. The summed E-state index contributed by atoms with van der Waals surface area (Å²) >= 11 is 0. The molecule has 0 aliphatic carbocycles. The Kier molecular flexibility index (Phi) is 8.31. The van der Waals surface area contributed by atoms with Crippen molar-refractivity contribution in [2.24, 2.45) is 0 Å². The number of benzene rings is 3. The topological polar surface area (TPSA) is 45.5 Å². The fraction of sp³-hybridized carbons (Fsp3) is 0.276. The molecule has 0 unspecified atom stereocenters. The number of halogens is 3. The summed E-state index contributed by atoms with van der Waals surface area (Å²) in [6, 6.07) is 17.8. The van der Waals surface area contributed by atoms with Gasteiger partial charge in [-0.15, -0.1) is 0 Å². The van der Waals surface area contributed by atoms with Crippen molar-refractivity contribution < 1.29 is 22.4 Å². The van der Waals surface area contributed by atoms with E-state index < -0.39 is 29.2 Å². The number of amides is 2. The minimum atomic E-state index is -1.17. The van der Waals surface area contributed by atoms with Gasteiger partial charge in [-0.2, -0.15) is 0 Å². The summed E-state index contributed by atoms with van der Waals surface area (Å²) in [6.07, 6.45) is 4.87. The van der Waals surface area contributed by atoms with Gasteiger partial charge in [-0.1, -0.05) is 81.1 Å². The van der Waals surface area contributed by atoms with Gasteiger partial charge in [-0.05, 0) is 18.1 Å². The van der Waals surface area contributed by atoms with Gasteiger partial charge in [0.05, 0.1) is 6.54 Å². The van der Waals surface area contributed by atoms with E-state index in [1.807, 2.05) is 54.6 Å². The third kappa shape index (κ3) is 5.90. The van der Waals surface area contributed by atoms with Crippen molar-refractivity contribution in [3.63, 3.8) is 0 Å². The molecule has 0 saturated heterocycles. The number of anilines is 1. The monoisotopic (exact) mass is 494 g/mol. The second kappa shape index (κ2) is 11.8. The predicted molar refractivity (Wildman–Crippen MR) is 136 cm³/mol. The molecule has 1 heterocycles. The summed E-state index contributed by atoms with van der Waals surface area (Å²) in [5.74, 6) is -2.81. The Morgan fingerprint density at radius 3 is 2.28 bits per heavy atom. The van der Waals surface area contributed by atoms with Crippen molar-refractivity contribution in [1.29, 1.82) is 0 Å². The molecule has 0 radical (unpaired) electrons. The summed E-state index contributed by atoms with van der Waals surface area (Å²) in [5, 5.41) is 3.21. The highest BCUT2D eigenvalue weighted by Crippen LogP contribution is 2.35. The maximum atomic E-state index is 14.2. The second-order valence-electron chi connectivity index (χ2n) is 8.77. The molecule has 0 atom stereocenters. The van der Waals surface area contributed by atoms with E-state index in [-0.39, 0.29) is 6.54 Å². The van der Waals surface area contributed by atoms with Crippen molar-refractivity contribution >= 4 is 22.7 Å². The largest absolute Gasteiger partial charge is 0.459 e. The second-order valence-corrected chi connectivity index (χ2v) is 8.77. The first kappa shape index (κ1) is 25.4. The number of hydrogen-bond donors (Lipinski definition) is 1. The fourth-order valence-corrected chi connectivity index (χ4v) is 4.31. The molecular formula is C29H29F3N2O2. The number of nitrogens with one attached hydrogen (secondary N) is 1. The first-order valence-electron chi connectivity index (χ1n) is 12.2. The zero-order chi connectivity index (χ0) is 25.5. The van der Waals surface area contributed by atoms with Gasteiger partial charge in [-0.3, -0.25) is 0 Å². The van der Waals surface area contributed by atoms with Crippen LogP contribution in [0.4, 0.5) is 23.7 Å². The van der Waals surface area contributed by atoms with Crippen LogP contribution in [-0.4, -0.2) is 17.5 Å². The van der Waals surface area contributed by atoms with Crippen LogP contribution < -0.4 is 5.32 Å². The zero-order valence-corrected chi connectivity index (χ0v) is 20.2. The summed E-state index contributed by atoms with van der Waals surface area (Å²) in [6.45, 7) is 2.59. The molecule has 0 aliphatic rings. The standard InChI is InChI=1S/C29H29F3N2O2/c1-2-3-4-5-11-16-34(29(35)33-28-23(31)17-21(30)18-24(28)32)19-26-27(20-12-7-6-8-13-20)22-14-9-10-15-25(22)36-26/h6-10,12-15,17-18H,2-5,11,16,19H2,1H3,(H,33,35). The van der Waals surface area contributed by atoms with Crippen LogP contribution in [0.15, 0.2) is 71.1 Å². The number of para-hydroxylation sites is 1. The molecule has 0 saturated carbocycles. The Morgan fingerprint density at radius 2 is 1.56 bits per heavy atom. The molecule has 1 aromatic heterocycles. The Bertz CT molecular complexity index is 1300. The van der Waals surface area contributed by atoms with Crippen LogP contribution in [0.5, 0.6) is 0 Å². The molecule has 36 heavy (non-hydrogen) atoms. The number of unbranched alkanes of at least 4 members (excludes halogenated alkanes) is 4. The zero-order valence-electron chi connectivity index (χ0n) is 20.2. The van der Waals surface area contributed by atoms with E-state index in [1.165, 1.54) is 4.90 Å². The van der Waals surface area contributed by atoms with E-state index >= 15 is 0 Å².